The Morgan fingerprint density at radius 1 is 1.24 bits per heavy atom. The molecule has 21 heavy (non-hydrogen) atoms. The lowest BCUT2D eigenvalue weighted by Crippen LogP contribution is -2.39. The smallest absolute Gasteiger partial charge is 0.263 e. The second kappa shape index (κ2) is 5.91. The van der Waals surface area contributed by atoms with E-state index in [0.717, 1.165) is 24.5 Å². The molecule has 0 aliphatic carbocycles. The molecule has 0 spiro atoms. The molecule has 1 aliphatic rings. The average molecular weight is 292 g/mol. The van der Waals surface area contributed by atoms with Crippen LogP contribution in [-0.2, 0) is 13.1 Å². The van der Waals surface area contributed by atoms with Gasteiger partial charge in [0, 0.05) is 43.6 Å². The minimum atomic E-state index is -2.45. The summed E-state index contributed by atoms with van der Waals surface area (Å²) < 4.78 is 27.8. The van der Waals surface area contributed by atoms with Gasteiger partial charge in [0.25, 0.3) is 6.43 Å². The zero-order valence-corrected chi connectivity index (χ0v) is 11.6. The third-order valence-electron chi connectivity index (χ3n) is 3.99. The van der Waals surface area contributed by atoms with E-state index in [1.807, 2.05) is 12.3 Å². The molecular weight excluding hydrogens is 274 g/mol. The predicted octanol–water partition coefficient (Wildman–Crippen LogP) is 2.34. The summed E-state index contributed by atoms with van der Waals surface area (Å²) in [5, 5.41) is 0. The minimum absolute atomic E-state index is 0.0458. The van der Waals surface area contributed by atoms with Crippen LogP contribution < -0.4 is 5.73 Å². The normalized spacial score (nSPS) is 17.0. The fraction of sp³-hybridized carbons (Fsp3) is 0.400. The first-order valence-electron chi connectivity index (χ1n) is 7.01. The van der Waals surface area contributed by atoms with Crippen LogP contribution in [0.4, 0.5) is 8.78 Å². The Hall–Kier alpha value is -1.79. The van der Waals surface area contributed by atoms with Crippen molar-refractivity contribution in [2.24, 2.45) is 5.73 Å². The van der Waals surface area contributed by atoms with E-state index in [1.165, 1.54) is 6.07 Å². The Bertz CT molecular complexity index is 611. The van der Waals surface area contributed by atoms with Gasteiger partial charge in [0.2, 0.25) is 0 Å². The van der Waals surface area contributed by atoms with Crippen LogP contribution >= 0.6 is 0 Å². The van der Waals surface area contributed by atoms with E-state index >= 15 is 0 Å². The molecule has 2 N–H and O–H groups in total. The summed E-state index contributed by atoms with van der Waals surface area (Å²) in [7, 11) is 0. The zero-order valence-electron chi connectivity index (χ0n) is 11.6. The highest BCUT2D eigenvalue weighted by Crippen LogP contribution is 2.27. The van der Waals surface area contributed by atoms with Crippen molar-refractivity contribution in [2.45, 2.75) is 25.6 Å². The van der Waals surface area contributed by atoms with Crippen LogP contribution in [0.1, 0.15) is 29.4 Å². The van der Waals surface area contributed by atoms with E-state index in [1.54, 1.807) is 18.3 Å². The molecule has 1 unspecified atom stereocenters. The number of rotatable bonds is 4. The van der Waals surface area contributed by atoms with E-state index in [4.69, 9.17) is 5.73 Å². The van der Waals surface area contributed by atoms with Crippen LogP contribution in [0.3, 0.4) is 0 Å². The fourth-order valence-electron chi connectivity index (χ4n) is 2.86. The van der Waals surface area contributed by atoms with Gasteiger partial charge in [-0.1, -0.05) is 18.2 Å². The molecule has 0 saturated heterocycles. The van der Waals surface area contributed by atoms with Gasteiger partial charge in [-0.2, -0.15) is 0 Å². The van der Waals surface area contributed by atoms with Gasteiger partial charge in [0.15, 0.2) is 0 Å². The first kappa shape index (κ1) is 14.2. The minimum Gasteiger partial charge on any atom is -0.333 e. The molecule has 1 atom stereocenters. The van der Waals surface area contributed by atoms with E-state index in [9.17, 15) is 8.78 Å². The molecule has 0 bridgehead atoms. The molecule has 4 nitrogen and oxygen atoms in total. The molecule has 0 fully saturated rings. The van der Waals surface area contributed by atoms with Gasteiger partial charge in [-0.3, -0.25) is 4.90 Å². The van der Waals surface area contributed by atoms with Crippen molar-refractivity contribution in [1.82, 2.24) is 14.5 Å². The maximum absolute atomic E-state index is 12.9. The number of nitrogens with two attached hydrogens (primary N) is 1. The van der Waals surface area contributed by atoms with E-state index in [-0.39, 0.29) is 11.6 Å². The number of alkyl halides is 2. The third kappa shape index (κ3) is 2.82. The number of hydrogen-bond donors (Lipinski definition) is 1. The number of benzene rings is 1. The molecule has 1 aromatic heterocycles. The summed E-state index contributed by atoms with van der Waals surface area (Å²) in [4.78, 5) is 6.52. The Morgan fingerprint density at radius 3 is 2.81 bits per heavy atom. The molecule has 1 aromatic carbocycles. The van der Waals surface area contributed by atoms with Crippen molar-refractivity contribution in [1.29, 1.82) is 0 Å². The van der Waals surface area contributed by atoms with Crippen LogP contribution in [-0.4, -0.2) is 27.5 Å². The van der Waals surface area contributed by atoms with E-state index in [2.05, 4.69) is 14.5 Å². The van der Waals surface area contributed by atoms with Crippen LogP contribution in [0.25, 0.3) is 0 Å². The molecule has 1 aliphatic heterocycles. The Labute approximate surface area is 122 Å². The lowest BCUT2D eigenvalue weighted by atomic mass is 10.0. The highest BCUT2D eigenvalue weighted by atomic mass is 19.3. The first-order valence-corrected chi connectivity index (χ1v) is 7.01. The molecule has 112 valence electrons. The Balaban J connectivity index is 1.84. The first-order chi connectivity index (χ1) is 10.2. The standard InChI is InChI=1S/C15H18F2N4/c16-15(17)12-3-1-2-11(8-12)13(9-18)21-7-6-20-5-4-19-14(20)10-21/h1-5,8,13,15H,6-7,9-10,18H2. The van der Waals surface area contributed by atoms with Gasteiger partial charge in [0.1, 0.15) is 5.82 Å². The van der Waals surface area contributed by atoms with Gasteiger partial charge < -0.3 is 10.3 Å². The molecule has 2 aromatic rings. The van der Waals surface area contributed by atoms with Crippen molar-refractivity contribution >= 4 is 0 Å². The summed E-state index contributed by atoms with van der Waals surface area (Å²) in [6.45, 7) is 2.77. The van der Waals surface area contributed by atoms with Gasteiger partial charge >= 0.3 is 0 Å². The van der Waals surface area contributed by atoms with Crippen LogP contribution in [0.15, 0.2) is 36.7 Å². The van der Waals surface area contributed by atoms with Gasteiger partial charge in [-0.25, -0.2) is 13.8 Å². The van der Waals surface area contributed by atoms with E-state index in [0.29, 0.717) is 13.1 Å². The number of fused-ring (bicyclic) bond motifs is 1. The van der Waals surface area contributed by atoms with Crippen molar-refractivity contribution < 1.29 is 8.78 Å². The summed E-state index contributed by atoms with van der Waals surface area (Å²) in [5.41, 5.74) is 6.79. The van der Waals surface area contributed by atoms with Gasteiger partial charge in [-0.15, -0.1) is 0 Å². The van der Waals surface area contributed by atoms with Crippen molar-refractivity contribution in [3.05, 3.63) is 53.6 Å². The molecule has 0 radical (unpaired) electrons. The quantitative estimate of drug-likeness (QED) is 0.941. The monoisotopic (exact) mass is 292 g/mol. The number of nitrogens with zero attached hydrogens (tertiary/aromatic N) is 3. The largest absolute Gasteiger partial charge is 0.333 e. The highest BCUT2D eigenvalue weighted by molar-refractivity contribution is 5.27. The molecule has 0 amide bonds. The van der Waals surface area contributed by atoms with Gasteiger partial charge in [-0.05, 0) is 11.6 Å². The second-order valence-corrected chi connectivity index (χ2v) is 5.23. The van der Waals surface area contributed by atoms with Crippen LogP contribution in [0, 0.1) is 0 Å². The number of imidazole rings is 1. The molecule has 2 heterocycles. The summed E-state index contributed by atoms with van der Waals surface area (Å²) in [6, 6.07) is 6.48. The summed E-state index contributed by atoms with van der Waals surface area (Å²) in [6.07, 6.45) is 1.29. The van der Waals surface area contributed by atoms with Gasteiger partial charge in [0.05, 0.1) is 6.54 Å². The maximum atomic E-state index is 12.9. The second-order valence-electron chi connectivity index (χ2n) is 5.23. The van der Waals surface area contributed by atoms with Crippen LogP contribution in [0.2, 0.25) is 0 Å². The fourth-order valence-corrected chi connectivity index (χ4v) is 2.86. The topological polar surface area (TPSA) is 47.1 Å². The molecule has 0 saturated carbocycles. The number of aromatic nitrogens is 2. The summed E-state index contributed by atoms with van der Waals surface area (Å²) >= 11 is 0. The lowest BCUT2D eigenvalue weighted by Gasteiger charge is -2.34. The van der Waals surface area contributed by atoms with Crippen molar-refractivity contribution in [3.8, 4) is 0 Å². The van der Waals surface area contributed by atoms with Crippen LogP contribution in [0.5, 0.6) is 0 Å². The number of halogens is 2. The average Bonchev–Trinajstić information content (AvgIpc) is 2.96. The maximum Gasteiger partial charge on any atom is 0.263 e. The zero-order chi connectivity index (χ0) is 14.8. The lowest BCUT2D eigenvalue weighted by molar-refractivity contribution is 0.147. The molecule has 6 heteroatoms. The number of hydrogen-bond acceptors (Lipinski definition) is 3. The Kier molecular flexibility index (Phi) is 3.98. The molecular formula is C15H18F2N4. The van der Waals surface area contributed by atoms with Crippen molar-refractivity contribution in [3.63, 3.8) is 0 Å². The van der Waals surface area contributed by atoms with E-state index < -0.39 is 6.43 Å². The summed E-state index contributed by atoms with van der Waals surface area (Å²) in [5.74, 6) is 0.990. The van der Waals surface area contributed by atoms with Crippen molar-refractivity contribution in [2.75, 3.05) is 13.1 Å². The third-order valence-corrected chi connectivity index (χ3v) is 3.99. The Morgan fingerprint density at radius 2 is 2.05 bits per heavy atom. The predicted molar refractivity (Wildman–Crippen MR) is 75.8 cm³/mol. The highest BCUT2D eigenvalue weighted by Gasteiger charge is 2.25. The SMILES string of the molecule is NCC(c1cccc(C(F)F)c1)N1CCn2ccnc2C1. The molecule has 3 rings (SSSR count).